The van der Waals surface area contributed by atoms with E-state index in [4.69, 9.17) is 4.98 Å². The van der Waals surface area contributed by atoms with E-state index >= 15 is 0 Å². The third-order valence-electron chi connectivity index (χ3n) is 3.59. The van der Waals surface area contributed by atoms with Crippen molar-refractivity contribution in [1.29, 1.82) is 0 Å². The lowest BCUT2D eigenvalue weighted by molar-refractivity contribution is 0.786. The van der Waals surface area contributed by atoms with Crippen LogP contribution < -0.4 is 0 Å². The van der Waals surface area contributed by atoms with Crippen molar-refractivity contribution >= 4 is 23.4 Å². The van der Waals surface area contributed by atoms with Crippen LogP contribution in [0.1, 0.15) is 16.8 Å². The largest absolute Gasteiger partial charge is 0.282 e. The summed E-state index contributed by atoms with van der Waals surface area (Å²) in [5.74, 6) is 0. The second-order valence-corrected chi connectivity index (χ2v) is 4.51. The minimum Gasteiger partial charge on any atom is -0.282 e. The predicted octanol–water partition coefficient (Wildman–Crippen LogP) is 1.99. The van der Waals surface area contributed by atoms with Gasteiger partial charge >= 0.3 is 0 Å². The van der Waals surface area contributed by atoms with Gasteiger partial charge in [0.1, 0.15) is 0 Å². The molecule has 0 unspecified atom stereocenters. The molecule has 0 fully saturated rings. The Morgan fingerprint density at radius 1 is 1.33 bits per heavy atom. The topological polar surface area (TPSA) is 59.4 Å². The lowest BCUT2D eigenvalue weighted by Crippen LogP contribution is -1.96. The van der Waals surface area contributed by atoms with Crippen LogP contribution in [0.2, 0.25) is 0 Å². The van der Waals surface area contributed by atoms with Crippen molar-refractivity contribution < 1.29 is 0 Å². The molecule has 0 saturated carbocycles. The normalized spacial score (nSPS) is 12.3. The highest BCUT2D eigenvalue weighted by Crippen LogP contribution is 2.37. The third kappa shape index (κ3) is 1.19. The molecule has 0 amide bonds. The van der Waals surface area contributed by atoms with Gasteiger partial charge in [-0.15, -0.1) is 12.4 Å². The van der Waals surface area contributed by atoms with Crippen LogP contribution in [0.3, 0.4) is 0 Å². The number of aromatic amines is 1. The van der Waals surface area contributed by atoms with Gasteiger partial charge in [-0.2, -0.15) is 10.2 Å². The number of nitrogens with one attached hydrogen (secondary N) is 1. The Morgan fingerprint density at radius 2 is 2.17 bits per heavy atom. The summed E-state index contributed by atoms with van der Waals surface area (Å²) in [6, 6.07) is 0. The molecule has 3 aromatic heterocycles. The van der Waals surface area contributed by atoms with Crippen molar-refractivity contribution in [2.75, 3.05) is 0 Å². The van der Waals surface area contributed by atoms with Crippen molar-refractivity contribution in [2.24, 2.45) is 7.05 Å². The molecule has 0 saturated heterocycles. The number of aryl methyl sites for hydroxylation is 2. The molecule has 0 aliphatic heterocycles. The molecule has 1 aliphatic rings. The summed E-state index contributed by atoms with van der Waals surface area (Å²) in [6.07, 6.45) is 4.65. The summed E-state index contributed by atoms with van der Waals surface area (Å²) >= 11 is 0. The van der Waals surface area contributed by atoms with E-state index in [1.807, 2.05) is 24.1 Å². The van der Waals surface area contributed by atoms with E-state index in [0.29, 0.717) is 0 Å². The summed E-state index contributed by atoms with van der Waals surface area (Å²) in [7, 11) is 1.92. The van der Waals surface area contributed by atoms with Crippen molar-refractivity contribution in [3.63, 3.8) is 0 Å². The quantitative estimate of drug-likeness (QED) is 0.527. The lowest BCUT2D eigenvalue weighted by Gasteiger charge is -2.05. The van der Waals surface area contributed by atoms with Gasteiger partial charge in [0.15, 0.2) is 5.65 Å². The molecule has 6 heteroatoms. The van der Waals surface area contributed by atoms with Crippen molar-refractivity contribution in [3.05, 3.63) is 29.2 Å². The van der Waals surface area contributed by atoms with Gasteiger partial charge in [-0.1, -0.05) is 0 Å². The third-order valence-corrected chi connectivity index (χ3v) is 3.59. The number of hydrogen-bond acceptors (Lipinski definition) is 3. The van der Waals surface area contributed by atoms with Gasteiger partial charge in [-0.25, -0.2) is 4.98 Å². The highest BCUT2D eigenvalue weighted by molar-refractivity contribution is 5.87. The molecule has 0 aromatic carbocycles. The number of rotatable bonds is 0. The zero-order valence-corrected chi connectivity index (χ0v) is 10.9. The van der Waals surface area contributed by atoms with E-state index in [1.54, 1.807) is 0 Å². The second-order valence-electron chi connectivity index (χ2n) is 4.51. The molecule has 92 valence electrons. The molecule has 1 N–H and O–H groups in total. The van der Waals surface area contributed by atoms with Crippen LogP contribution in [0.5, 0.6) is 0 Å². The summed E-state index contributed by atoms with van der Waals surface area (Å²) in [6.45, 7) is 2.14. The highest BCUT2D eigenvalue weighted by atomic mass is 35.5. The number of H-pyrrole nitrogens is 1. The van der Waals surface area contributed by atoms with E-state index in [-0.39, 0.29) is 12.4 Å². The minimum absolute atomic E-state index is 0. The van der Waals surface area contributed by atoms with Crippen LogP contribution in [0.15, 0.2) is 12.4 Å². The van der Waals surface area contributed by atoms with Gasteiger partial charge in [0, 0.05) is 30.1 Å². The fourth-order valence-corrected chi connectivity index (χ4v) is 2.61. The number of nitrogens with zero attached hydrogens (tertiary/aromatic N) is 4. The van der Waals surface area contributed by atoms with Crippen LogP contribution in [-0.4, -0.2) is 25.0 Å². The summed E-state index contributed by atoms with van der Waals surface area (Å²) in [5.41, 5.74) is 6.87. The molecule has 0 bridgehead atoms. The van der Waals surface area contributed by atoms with Crippen LogP contribution in [0.25, 0.3) is 22.3 Å². The summed E-state index contributed by atoms with van der Waals surface area (Å²) in [4.78, 5) is 4.73. The predicted molar refractivity (Wildman–Crippen MR) is 70.9 cm³/mol. The molecule has 1 aliphatic carbocycles. The minimum atomic E-state index is 0. The zero-order valence-electron chi connectivity index (χ0n) is 10.1. The number of aromatic nitrogens is 5. The van der Waals surface area contributed by atoms with Gasteiger partial charge in [0.25, 0.3) is 0 Å². The Kier molecular flexibility index (Phi) is 2.22. The maximum Gasteiger partial charge on any atom is 0.158 e. The Hall–Kier alpha value is -1.88. The molecular weight excluding hydrogens is 250 g/mol. The monoisotopic (exact) mass is 261 g/mol. The average Bonchev–Trinajstić information content (AvgIpc) is 2.95. The van der Waals surface area contributed by atoms with Gasteiger partial charge in [-0.05, 0) is 18.1 Å². The first-order chi connectivity index (χ1) is 8.25. The van der Waals surface area contributed by atoms with Gasteiger partial charge in [0.2, 0.25) is 0 Å². The zero-order chi connectivity index (χ0) is 11.6. The molecular formula is C12H12ClN5. The Bertz CT molecular complexity index is 755. The van der Waals surface area contributed by atoms with E-state index in [1.165, 1.54) is 16.8 Å². The number of hydrogen-bond donors (Lipinski definition) is 1. The SMILES string of the molecule is Cc1c2c(nc3c1cnn3C)-c1cn[nH]c1C2.Cl. The molecule has 0 atom stereocenters. The Labute approximate surface area is 110 Å². The van der Waals surface area contributed by atoms with Crippen molar-refractivity contribution in [1.82, 2.24) is 25.0 Å². The van der Waals surface area contributed by atoms with Crippen LogP contribution >= 0.6 is 12.4 Å². The lowest BCUT2D eigenvalue weighted by atomic mass is 10.1. The maximum absolute atomic E-state index is 4.73. The van der Waals surface area contributed by atoms with Crippen molar-refractivity contribution in [2.45, 2.75) is 13.3 Å². The smallest absolute Gasteiger partial charge is 0.158 e. The van der Waals surface area contributed by atoms with E-state index in [2.05, 4.69) is 22.2 Å². The fourth-order valence-electron chi connectivity index (χ4n) is 2.61. The maximum atomic E-state index is 4.73. The number of pyridine rings is 1. The summed E-state index contributed by atoms with van der Waals surface area (Å²) < 4.78 is 1.82. The molecule has 4 rings (SSSR count). The van der Waals surface area contributed by atoms with Crippen LogP contribution in [0, 0.1) is 6.92 Å². The van der Waals surface area contributed by atoms with E-state index in [9.17, 15) is 0 Å². The van der Waals surface area contributed by atoms with Gasteiger partial charge in [0.05, 0.1) is 18.1 Å². The van der Waals surface area contributed by atoms with Crippen LogP contribution in [0.4, 0.5) is 0 Å². The second kappa shape index (κ2) is 3.55. The molecule has 3 aromatic rings. The number of halogens is 1. The first-order valence-corrected chi connectivity index (χ1v) is 5.59. The number of fused-ring (bicyclic) bond motifs is 4. The standard InChI is InChI=1S/C12H11N5.ClH/c1-6-7-3-10-9(4-13-16-10)11(7)15-12-8(6)5-14-17(12)2;/h4-5H,3H2,1-2H3,(H,13,16);1H. The molecule has 3 heterocycles. The van der Waals surface area contributed by atoms with E-state index < -0.39 is 0 Å². The fraction of sp³-hybridized carbons (Fsp3) is 0.250. The van der Waals surface area contributed by atoms with Gasteiger partial charge < -0.3 is 0 Å². The Balaban J connectivity index is 0.000001000. The van der Waals surface area contributed by atoms with Crippen LogP contribution in [-0.2, 0) is 13.5 Å². The average molecular weight is 262 g/mol. The summed E-state index contributed by atoms with van der Waals surface area (Å²) in [5, 5.41) is 12.5. The molecule has 18 heavy (non-hydrogen) atoms. The van der Waals surface area contributed by atoms with E-state index in [0.717, 1.165) is 28.7 Å². The molecule has 5 nitrogen and oxygen atoms in total. The Morgan fingerprint density at radius 3 is 3.00 bits per heavy atom. The van der Waals surface area contributed by atoms with Crippen molar-refractivity contribution in [3.8, 4) is 11.3 Å². The first kappa shape index (κ1) is 11.2. The molecule has 0 radical (unpaired) electrons. The highest BCUT2D eigenvalue weighted by Gasteiger charge is 2.25. The molecule has 0 spiro atoms. The first-order valence-electron chi connectivity index (χ1n) is 5.59. The van der Waals surface area contributed by atoms with Gasteiger partial charge in [-0.3, -0.25) is 9.78 Å².